The van der Waals surface area contributed by atoms with Crippen LogP contribution in [0.5, 0.6) is 0 Å². The second-order valence-corrected chi connectivity index (χ2v) is 6.32. The molecule has 7 nitrogen and oxygen atoms in total. The first-order chi connectivity index (χ1) is 13.4. The van der Waals surface area contributed by atoms with Crippen LogP contribution < -0.4 is 16.0 Å². The van der Waals surface area contributed by atoms with Crippen molar-refractivity contribution in [2.75, 3.05) is 10.6 Å². The van der Waals surface area contributed by atoms with Crippen molar-refractivity contribution in [3.63, 3.8) is 0 Å². The van der Waals surface area contributed by atoms with E-state index in [0.717, 1.165) is 16.5 Å². The summed E-state index contributed by atoms with van der Waals surface area (Å²) in [7, 11) is 0. The quantitative estimate of drug-likeness (QED) is 0.637. The zero-order valence-corrected chi connectivity index (χ0v) is 15.6. The number of hydrogen-bond donors (Lipinski definition) is 3. The van der Waals surface area contributed by atoms with Gasteiger partial charge in [0.2, 0.25) is 11.8 Å². The molecule has 0 radical (unpaired) electrons. The highest BCUT2D eigenvalue weighted by Gasteiger charge is 2.11. The summed E-state index contributed by atoms with van der Waals surface area (Å²) in [6.45, 7) is 2.99. The number of benzene rings is 2. The van der Waals surface area contributed by atoms with E-state index in [1.807, 2.05) is 30.3 Å². The Kier molecular flexibility index (Phi) is 5.64. The molecule has 0 saturated heterocycles. The van der Waals surface area contributed by atoms with Crippen molar-refractivity contribution in [1.29, 1.82) is 0 Å². The van der Waals surface area contributed by atoms with Gasteiger partial charge >= 0.3 is 0 Å². The Bertz CT molecular complexity index is 1020. The lowest BCUT2D eigenvalue weighted by molar-refractivity contribution is -0.115. The molecule has 28 heavy (non-hydrogen) atoms. The van der Waals surface area contributed by atoms with Crippen molar-refractivity contribution in [2.45, 2.75) is 20.4 Å². The number of carbonyl (C=O) groups is 3. The highest BCUT2D eigenvalue weighted by molar-refractivity contribution is 6.00. The molecular formula is C21H20N4O3. The fraction of sp³-hybridized carbons (Fsp3) is 0.143. The second-order valence-electron chi connectivity index (χ2n) is 6.32. The van der Waals surface area contributed by atoms with Crippen LogP contribution in [0.3, 0.4) is 0 Å². The third-order valence-corrected chi connectivity index (χ3v) is 4.01. The summed E-state index contributed by atoms with van der Waals surface area (Å²) in [5.74, 6) is -0.883. The van der Waals surface area contributed by atoms with Crippen LogP contribution in [-0.4, -0.2) is 22.7 Å². The van der Waals surface area contributed by atoms with Crippen molar-refractivity contribution in [3.05, 3.63) is 66.0 Å². The molecule has 3 rings (SSSR count). The van der Waals surface area contributed by atoms with E-state index in [9.17, 15) is 14.4 Å². The van der Waals surface area contributed by atoms with E-state index in [1.165, 1.54) is 13.8 Å². The number of anilines is 2. The number of nitrogens with one attached hydrogen (secondary N) is 3. The van der Waals surface area contributed by atoms with Crippen molar-refractivity contribution in [3.8, 4) is 0 Å². The Balaban J connectivity index is 1.82. The molecule has 0 aliphatic carbocycles. The van der Waals surface area contributed by atoms with Crippen LogP contribution in [0.2, 0.25) is 0 Å². The van der Waals surface area contributed by atoms with Gasteiger partial charge in [-0.25, -0.2) is 0 Å². The Labute approximate surface area is 162 Å². The predicted molar refractivity (Wildman–Crippen MR) is 108 cm³/mol. The van der Waals surface area contributed by atoms with Crippen LogP contribution in [0.4, 0.5) is 11.4 Å². The minimum absolute atomic E-state index is 0.250. The van der Waals surface area contributed by atoms with Crippen LogP contribution in [-0.2, 0) is 16.1 Å². The van der Waals surface area contributed by atoms with E-state index < -0.39 is 0 Å². The summed E-state index contributed by atoms with van der Waals surface area (Å²) < 4.78 is 0. The van der Waals surface area contributed by atoms with Crippen molar-refractivity contribution in [1.82, 2.24) is 10.3 Å². The number of carbonyl (C=O) groups excluding carboxylic acids is 3. The normalized spacial score (nSPS) is 10.4. The van der Waals surface area contributed by atoms with E-state index >= 15 is 0 Å². The first-order valence-electron chi connectivity index (χ1n) is 8.73. The predicted octanol–water partition coefficient (Wildman–Crippen LogP) is 3.08. The van der Waals surface area contributed by atoms with Crippen LogP contribution in [0, 0.1) is 0 Å². The maximum absolute atomic E-state index is 12.7. The zero-order valence-electron chi connectivity index (χ0n) is 15.6. The van der Waals surface area contributed by atoms with E-state index in [2.05, 4.69) is 20.9 Å². The summed E-state index contributed by atoms with van der Waals surface area (Å²) >= 11 is 0. The lowest BCUT2D eigenvalue weighted by Gasteiger charge is -2.11. The van der Waals surface area contributed by atoms with E-state index in [4.69, 9.17) is 0 Å². The molecule has 142 valence electrons. The molecule has 0 saturated carbocycles. The fourth-order valence-electron chi connectivity index (χ4n) is 2.90. The van der Waals surface area contributed by atoms with Gasteiger partial charge in [0.05, 0.1) is 12.2 Å². The molecule has 3 N–H and O–H groups in total. The molecule has 3 aromatic rings. The summed E-state index contributed by atoms with van der Waals surface area (Å²) in [6, 6.07) is 14.4. The Morgan fingerprint density at radius 1 is 0.893 bits per heavy atom. The number of aromatic nitrogens is 1. The summed E-state index contributed by atoms with van der Waals surface area (Å²) in [6.07, 6.45) is 1.70. The van der Waals surface area contributed by atoms with E-state index in [-0.39, 0.29) is 24.3 Å². The fourth-order valence-corrected chi connectivity index (χ4v) is 2.90. The maximum atomic E-state index is 12.7. The Hall–Kier alpha value is -3.74. The molecule has 0 atom stereocenters. The minimum Gasteiger partial charge on any atom is -0.346 e. The first kappa shape index (κ1) is 19.0. The molecule has 0 aliphatic heterocycles. The zero-order chi connectivity index (χ0) is 20.1. The molecular weight excluding hydrogens is 356 g/mol. The van der Waals surface area contributed by atoms with Gasteiger partial charge in [-0.1, -0.05) is 24.3 Å². The number of pyridine rings is 1. The number of amides is 3. The molecule has 0 fully saturated rings. The molecule has 2 aromatic carbocycles. The molecule has 1 heterocycles. The minimum atomic E-state index is -0.339. The standard InChI is InChI=1S/C21H20N4O3/c1-13(26)24-17-9-16(10-18(11-17)25-14(2)27)21(28)23-12-20-19-6-4-3-5-15(19)7-8-22-20/h3-11H,12H2,1-2H3,(H,23,28)(H,24,26)(H,25,27). The Morgan fingerprint density at radius 2 is 1.54 bits per heavy atom. The average molecular weight is 376 g/mol. The van der Waals surface area contributed by atoms with Crippen LogP contribution in [0.15, 0.2) is 54.7 Å². The number of nitrogens with zero attached hydrogens (tertiary/aromatic N) is 1. The van der Waals surface area contributed by atoms with Crippen LogP contribution >= 0.6 is 0 Å². The SMILES string of the molecule is CC(=O)Nc1cc(NC(C)=O)cc(C(=O)NCc2nccc3ccccc23)c1. The maximum Gasteiger partial charge on any atom is 0.251 e. The smallest absolute Gasteiger partial charge is 0.251 e. The van der Waals surface area contributed by atoms with Crippen molar-refractivity contribution < 1.29 is 14.4 Å². The second kappa shape index (κ2) is 8.30. The van der Waals surface area contributed by atoms with Gasteiger partial charge in [0.15, 0.2) is 0 Å². The number of fused-ring (bicyclic) bond motifs is 1. The van der Waals surface area contributed by atoms with Gasteiger partial charge in [0, 0.05) is 42.4 Å². The summed E-state index contributed by atoms with van der Waals surface area (Å²) in [5.41, 5.74) is 1.92. The third-order valence-electron chi connectivity index (χ3n) is 4.01. The monoisotopic (exact) mass is 376 g/mol. The molecule has 0 unspecified atom stereocenters. The van der Waals surface area contributed by atoms with Gasteiger partial charge < -0.3 is 16.0 Å². The molecule has 0 aliphatic rings. The van der Waals surface area contributed by atoms with E-state index in [0.29, 0.717) is 16.9 Å². The average Bonchev–Trinajstić information content (AvgIpc) is 2.64. The van der Waals surface area contributed by atoms with Gasteiger partial charge in [-0.15, -0.1) is 0 Å². The van der Waals surface area contributed by atoms with Gasteiger partial charge in [-0.3, -0.25) is 19.4 Å². The summed E-state index contributed by atoms with van der Waals surface area (Å²) in [5, 5.41) is 10.1. The van der Waals surface area contributed by atoms with Crippen molar-refractivity contribution in [2.24, 2.45) is 0 Å². The topological polar surface area (TPSA) is 100 Å². The van der Waals surface area contributed by atoms with Crippen molar-refractivity contribution >= 4 is 39.9 Å². The van der Waals surface area contributed by atoms with E-state index in [1.54, 1.807) is 24.4 Å². The molecule has 3 amide bonds. The molecule has 0 bridgehead atoms. The van der Waals surface area contributed by atoms with Gasteiger partial charge in [-0.05, 0) is 29.7 Å². The largest absolute Gasteiger partial charge is 0.346 e. The molecule has 0 spiro atoms. The van der Waals surface area contributed by atoms with Crippen LogP contribution in [0.1, 0.15) is 29.9 Å². The highest BCUT2D eigenvalue weighted by atomic mass is 16.2. The van der Waals surface area contributed by atoms with Crippen LogP contribution in [0.25, 0.3) is 10.8 Å². The molecule has 7 heteroatoms. The number of rotatable bonds is 5. The highest BCUT2D eigenvalue weighted by Crippen LogP contribution is 2.20. The van der Waals surface area contributed by atoms with Gasteiger partial charge in [0.25, 0.3) is 5.91 Å². The first-order valence-corrected chi connectivity index (χ1v) is 8.73. The Morgan fingerprint density at radius 3 is 2.18 bits per heavy atom. The number of hydrogen-bond acceptors (Lipinski definition) is 4. The van der Waals surface area contributed by atoms with Gasteiger partial charge in [-0.2, -0.15) is 0 Å². The lowest BCUT2D eigenvalue weighted by atomic mass is 10.1. The summed E-state index contributed by atoms with van der Waals surface area (Å²) in [4.78, 5) is 39.7. The third kappa shape index (κ3) is 4.70. The molecule has 1 aromatic heterocycles. The van der Waals surface area contributed by atoms with Gasteiger partial charge in [0.1, 0.15) is 0 Å². The lowest BCUT2D eigenvalue weighted by Crippen LogP contribution is -2.24.